The summed E-state index contributed by atoms with van der Waals surface area (Å²) in [5.74, 6) is 0. The lowest BCUT2D eigenvalue weighted by Crippen LogP contribution is -2.39. The molecule has 2 heteroatoms. The Bertz CT molecular complexity index is 497. The van der Waals surface area contributed by atoms with Gasteiger partial charge in [0.2, 0.25) is 0 Å². The summed E-state index contributed by atoms with van der Waals surface area (Å²) in [5, 5.41) is 0. The molecular formula is C16H19NO. The molecule has 3 aliphatic heterocycles. The molecule has 0 radical (unpaired) electrons. The second kappa shape index (κ2) is 3.46. The highest BCUT2D eigenvalue weighted by Crippen LogP contribution is 2.56. The smallest absolute Gasteiger partial charge is 0.106 e. The van der Waals surface area contributed by atoms with Crippen molar-refractivity contribution in [3.05, 3.63) is 48.0 Å². The Morgan fingerprint density at radius 3 is 2.83 bits per heavy atom. The van der Waals surface area contributed by atoms with Gasteiger partial charge in [0, 0.05) is 25.0 Å². The molecule has 0 unspecified atom stereocenters. The van der Waals surface area contributed by atoms with Crippen LogP contribution < -0.4 is 0 Å². The van der Waals surface area contributed by atoms with Crippen LogP contribution in [0.5, 0.6) is 0 Å². The molecule has 18 heavy (non-hydrogen) atoms. The van der Waals surface area contributed by atoms with Crippen LogP contribution in [0.3, 0.4) is 0 Å². The van der Waals surface area contributed by atoms with Gasteiger partial charge in [-0.15, -0.1) is 0 Å². The molecule has 94 valence electrons. The van der Waals surface area contributed by atoms with E-state index in [1.807, 2.05) is 0 Å². The summed E-state index contributed by atoms with van der Waals surface area (Å²) in [7, 11) is 0. The van der Waals surface area contributed by atoms with Crippen molar-refractivity contribution in [2.24, 2.45) is 5.41 Å². The van der Waals surface area contributed by atoms with Crippen molar-refractivity contribution in [2.75, 3.05) is 13.1 Å². The van der Waals surface area contributed by atoms with Gasteiger partial charge in [0.15, 0.2) is 0 Å². The minimum Gasteiger partial charge on any atom is -0.362 e. The molecule has 3 heterocycles. The van der Waals surface area contributed by atoms with Crippen LogP contribution in [0.1, 0.15) is 18.9 Å². The number of hydrogen-bond donors (Lipinski definition) is 0. The van der Waals surface area contributed by atoms with Crippen molar-refractivity contribution in [1.29, 1.82) is 0 Å². The van der Waals surface area contributed by atoms with E-state index in [0.717, 1.165) is 19.6 Å². The van der Waals surface area contributed by atoms with Crippen LogP contribution in [0.4, 0.5) is 0 Å². The summed E-state index contributed by atoms with van der Waals surface area (Å²) in [6.07, 6.45) is 6.16. The van der Waals surface area contributed by atoms with Gasteiger partial charge in [-0.2, -0.15) is 0 Å². The maximum Gasteiger partial charge on any atom is 0.106 e. The maximum absolute atomic E-state index is 6.20. The largest absolute Gasteiger partial charge is 0.362 e. The maximum atomic E-state index is 6.20. The Morgan fingerprint density at radius 2 is 2.11 bits per heavy atom. The second-order valence-corrected chi connectivity index (χ2v) is 6.30. The first kappa shape index (κ1) is 10.8. The van der Waals surface area contributed by atoms with Crippen molar-refractivity contribution >= 4 is 0 Å². The summed E-state index contributed by atoms with van der Waals surface area (Å²) in [6, 6.07) is 10.7. The average Bonchev–Trinajstić information content (AvgIpc) is 2.92. The number of benzene rings is 1. The lowest BCUT2D eigenvalue weighted by molar-refractivity contribution is 0.00617. The van der Waals surface area contributed by atoms with E-state index in [9.17, 15) is 0 Å². The zero-order valence-electron chi connectivity index (χ0n) is 10.8. The predicted molar refractivity (Wildman–Crippen MR) is 71.2 cm³/mol. The lowest BCUT2D eigenvalue weighted by atomic mass is 9.72. The predicted octanol–water partition coefficient (Wildman–Crippen LogP) is 2.61. The third-order valence-electron chi connectivity index (χ3n) is 4.90. The zero-order chi connectivity index (χ0) is 12.2. The molecule has 2 saturated heterocycles. The molecule has 3 aliphatic rings. The van der Waals surface area contributed by atoms with Gasteiger partial charge in [0.1, 0.15) is 5.60 Å². The normalized spacial score (nSPS) is 41.5. The fourth-order valence-electron chi connectivity index (χ4n) is 4.00. The van der Waals surface area contributed by atoms with Gasteiger partial charge >= 0.3 is 0 Å². The highest BCUT2D eigenvalue weighted by Gasteiger charge is 2.62. The minimum atomic E-state index is 0.00640. The molecule has 1 spiro atoms. The van der Waals surface area contributed by atoms with E-state index in [-0.39, 0.29) is 5.60 Å². The van der Waals surface area contributed by atoms with Crippen molar-refractivity contribution in [3.63, 3.8) is 0 Å². The monoisotopic (exact) mass is 241 g/mol. The van der Waals surface area contributed by atoms with Gasteiger partial charge < -0.3 is 4.74 Å². The van der Waals surface area contributed by atoms with Crippen molar-refractivity contribution < 1.29 is 4.74 Å². The molecular weight excluding hydrogens is 222 g/mol. The first-order chi connectivity index (χ1) is 8.69. The second-order valence-electron chi connectivity index (χ2n) is 6.30. The summed E-state index contributed by atoms with van der Waals surface area (Å²) in [4.78, 5) is 2.54. The Balaban J connectivity index is 1.56. The Morgan fingerprint density at radius 1 is 1.28 bits per heavy atom. The average molecular weight is 241 g/mol. The minimum absolute atomic E-state index is 0.00640. The van der Waals surface area contributed by atoms with Crippen molar-refractivity contribution in [1.82, 2.24) is 4.90 Å². The molecule has 0 amide bonds. The van der Waals surface area contributed by atoms with E-state index in [1.54, 1.807) is 0 Å². The molecule has 0 aliphatic carbocycles. The van der Waals surface area contributed by atoms with Gasteiger partial charge in [-0.1, -0.05) is 49.4 Å². The van der Waals surface area contributed by atoms with Crippen LogP contribution in [0.25, 0.3) is 0 Å². The fourth-order valence-corrected chi connectivity index (χ4v) is 4.00. The van der Waals surface area contributed by atoms with Crippen LogP contribution in [0, 0.1) is 5.41 Å². The fraction of sp³-hybridized carbons (Fsp3) is 0.500. The van der Waals surface area contributed by atoms with Crippen LogP contribution in [-0.2, 0) is 11.3 Å². The summed E-state index contributed by atoms with van der Waals surface area (Å²) < 4.78 is 6.20. The van der Waals surface area contributed by atoms with E-state index in [4.69, 9.17) is 4.74 Å². The lowest BCUT2D eigenvalue weighted by Gasteiger charge is -2.31. The van der Waals surface area contributed by atoms with Crippen molar-refractivity contribution in [3.8, 4) is 0 Å². The van der Waals surface area contributed by atoms with Crippen molar-refractivity contribution in [2.45, 2.75) is 31.6 Å². The zero-order valence-corrected chi connectivity index (χ0v) is 10.8. The van der Waals surface area contributed by atoms with Gasteiger partial charge in [0.25, 0.3) is 0 Å². The van der Waals surface area contributed by atoms with Crippen LogP contribution in [-0.4, -0.2) is 29.7 Å². The van der Waals surface area contributed by atoms with E-state index in [0.29, 0.717) is 11.5 Å². The van der Waals surface area contributed by atoms with Gasteiger partial charge in [-0.05, 0) is 12.0 Å². The molecule has 4 rings (SSSR count). The standard InChI is InChI=1S/C16H19NO/c1-15-9-14-7-8-16(15,18-14)12-17(11-15)10-13-5-3-2-4-6-13/h2-8,14H,9-12H2,1H3/t14-,15+,16-/m1/s1. The number of fused-ring (bicyclic) bond motifs is 1. The number of rotatable bonds is 2. The Kier molecular flexibility index (Phi) is 2.07. The first-order valence-electron chi connectivity index (χ1n) is 6.83. The number of nitrogens with zero attached hydrogens (tertiary/aromatic N) is 1. The van der Waals surface area contributed by atoms with Crippen LogP contribution >= 0.6 is 0 Å². The summed E-state index contributed by atoms with van der Waals surface area (Å²) in [5.41, 5.74) is 1.73. The SMILES string of the molecule is C[C@@]12C[C@H]3C=C[C@]1(CN(Cc1ccccc1)C2)O3. The molecule has 2 fully saturated rings. The molecule has 2 bridgehead atoms. The molecule has 0 aromatic heterocycles. The Hall–Kier alpha value is -1.12. The highest BCUT2D eigenvalue weighted by atomic mass is 16.5. The number of likely N-dealkylation sites (tertiary alicyclic amines) is 1. The first-order valence-corrected chi connectivity index (χ1v) is 6.83. The van der Waals surface area contributed by atoms with E-state index in [2.05, 4.69) is 54.3 Å². The van der Waals surface area contributed by atoms with E-state index < -0.39 is 0 Å². The molecule has 1 aromatic carbocycles. The van der Waals surface area contributed by atoms with Gasteiger partial charge in [0.05, 0.1) is 6.10 Å². The topological polar surface area (TPSA) is 12.5 Å². The van der Waals surface area contributed by atoms with Gasteiger partial charge in [-0.3, -0.25) is 4.90 Å². The summed E-state index contributed by atoms with van der Waals surface area (Å²) in [6.45, 7) is 5.63. The van der Waals surface area contributed by atoms with Crippen LogP contribution in [0.15, 0.2) is 42.5 Å². The van der Waals surface area contributed by atoms with Gasteiger partial charge in [-0.25, -0.2) is 0 Å². The molecule has 0 saturated carbocycles. The van der Waals surface area contributed by atoms with E-state index >= 15 is 0 Å². The summed E-state index contributed by atoms with van der Waals surface area (Å²) >= 11 is 0. The third kappa shape index (κ3) is 1.36. The molecule has 3 atom stereocenters. The highest BCUT2D eigenvalue weighted by molar-refractivity contribution is 5.29. The molecule has 1 aromatic rings. The third-order valence-corrected chi connectivity index (χ3v) is 4.90. The number of ether oxygens (including phenoxy) is 1. The van der Waals surface area contributed by atoms with E-state index in [1.165, 1.54) is 12.0 Å². The quantitative estimate of drug-likeness (QED) is 0.738. The molecule has 2 nitrogen and oxygen atoms in total. The van der Waals surface area contributed by atoms with Crippen LogP contribution in [0.2, 0.25) is 0 Å². The molecule has 0 N–H and O–H groups in total. The Labute approximate surface area is 108 Å². The number of hydrogen-bond acceptors (Lipinski definition) is 2.